The molecule has 6 heteroatoms. The van der Waals surface area contributed by atoms with Gasteiger partial charge in [-0.15, -0.1) is 11.3 Å². The molecular weight excluding hydrogens is 289 g/mol. The molecule has 0 saturated heterocycles. The maximum Gasteiger partial charge on any atom is 0.315 e. The van der Waals surface area contributed by atoms with Crippen LogP contribution in [0.15, 0.2) is 23.6 Å². The topological polar surface area (TPSA) is 50.2 Å². The summed E-state index contributed by atoms with van der Waals surface area (Å²) in [6.45, 7) is 3.12. The molecule has 100 valence electrons. The molecule has 0 atom stereocenters. The first-order valence-electron chi connectivity index (χ1n) is 5.47. The van der Waals surface area contributed by atoms with E-state index in [1.54, 1.807) is 19.2 Å². The highest BCUT2D eigenvalue weighted by atomic mass is 35.5. The number of aliphatic carboxylic acids is 1. The molecule has 0 fully saturated rings. The number of aromatic nitrogens is 1. The van der Waals surface area contributed by atoms with Gasteiger partial charge >= 0.3 is 5.97 Å². The Hall–Kier alpha value is -1.46. The van der Waals surface area contributed by atoms with Gasteiger partial charge in [0.25, 0.3) is 0 Å². The van der Waals surface area contributed by atoms with Crippen LogP contribution in [-0.2, 0) is 10.2 Å². The first kappa shape index (κ1) is 14.0. The molecule has 2 rings (SSSR count). The lowest BCUT2D eigenvalue weighted by Crippen LogP contribution is -2.28. The molecule has 0 spiro atoms. The van der Waals surface area contributed by atoms with Gasteiger partial charge in [0.1, 0.15) is 16.2 Å². The average Bonchev–Trinajstić information content (AvgIpc) is 2.82. The minimum Gasteiger partial charge on any atom is -0.481 e. The number of benzene rings is 1. The van der Waals surface area contributed by atoms with E-state index in [0.717, 1.165) is 0 Å². The molecule has 1 N–H and O–H groups in total. The van der Waals surface area contributed by atoms with Crippen molar-refractivity contribution in [1.82, 2.24) is 4.98 Å². The summed E-state index contributed by atoms with van der Waals surface area (Å²) in [6, 6.07) is 4.20. The fraction of sp³-hybridized carbons (Fsp3) is 0.231. The van der Waals surface area contributed by atoms with Crippen molar-refractivity contribution in [3.8, 4) is 10.6 Å². The van der Waals surface area contributed by atoms with E-state index < -0.39 is 17.2 Å². The molecular formula is C13H11ClFNO2S. The molecule has 0 unspecified atom stereocenters. The van der Waals surface area contributed by atoms with Gasteiger partial charge in [0.15, 0.2) is 0 Å². The zero-order valence-electron chi connectivity index (χ0n) is 10.3. The van der Waals surface area contributed by atoms with Gasteiger partial charge in [0.05, 0.1) is 5.69 Å². The molecule has 0 aliphatic heterocycles. The van der Waals surface area contributed by atoms with E-state index in [4.69, 9.17) is 16.7 Å². The highest BCUT2D eigenvalue weighted by Crippen LogP contribution is 2.32. The van der Waals surface area contributed by atoms with Crippen LogP contribution in [0.1, 0.15) is 19.5 Å². The summed E-state index contributed by atoms with van der Waals surface area (Å²) in [5.74, 6) is -1.41. The predicted molar refractivity (Wildman–Crippen MR) is 73.2 cm³/mol. The zero-order valence-corrected chi connectivity index (χ0v) is 11.8. The number of carboxylic acids is 1. The zero-order chi connectivity index (χ0) is 14.2. The molecule has 0 saturated carbocycles. The van der Waals surface area contributed by atoms with Crippen molar-refractivity contribution in [2.24, 2.45) is 0 Å². The third kappa shape index (κ3) is 2.62. The summed E-state index contributed by atoms with van der Waals surface area (Å²) < 4.78 is 13.7. The first-order valence-corrected chi connectivity index (χ1v) is 6.73. The van der Waals surface area contributed by atoms with Crippen molar-refractivity contribution in [1.29, 1.82) is 0 Å². The fourth-order valence-electron chi connectivity index (χ4n) is 1.46. The number of halogens is 2. The van der Waals surface area contributed by atoms with Crippen LogP contribution < -0.4 is 0 Å². The number of hydrogen-bond acceptors (Lipinski definition) is 3. The Labute approximate surface area is 118 Å². The van der Waals surface area contributed by atoms with E-state index in [0.29, 0.717) is 15.7 Å². The average molecular weight is 300 g/mol. The third-order valence-electron chi connectivity index (χ3n) is 2.84. The van der Waals surface area contributed by atoms with Crippen molar-refractivity contribution in [3.05, 3.63) is 40.1 Å². The number of rotatable bonds is 3. The minimum absolute atomic E-state index is 0.282. The molecule has 1 aromatic heterocycles. The van der Waals surface area contributed by atoms with E-state index in [9.17, 15) is 9.18 Å². The molecule has 19 heavy (non-hydrogen) atoms. The molecule has 1 heterocycles. The highest BCUT2D eigenvalue weighted by Gasteiger charge is 2.32. The van der Waals surface area contributed by atoms with Crippen molar-refractivity contribution in [3.63, 3.8) is 0 Å². The van der Waals surface area contributed by atoms with Crippen LogP contribution in [0.25, 0.3) is 10.6 Å². The van der Waals surface area contributed by atoms with Gasteiger partial charge in [-0.3, -0.25) is 4.79 Å². The normalized spacial score (nSPS) is 11.6. The van der Waals surface area contributed by atoms with E-state index in [2.05, 4.69) is 4.98 Å². The van der Waals surface area contributed by atoms with Crippen LogP contribution in [0.5, 0.6) is 0 Å². The second kappa shape index (κ2) is 4.90. The predicted octanol–water partition coefficient (Wildman–Crippen LogP) is 3.96. The second-order valence-corrected chi connectivity index (χ2v) is 5.89. The maximum absolute atomic E-state index is 13.7. The van der Waals surface area contributed by atoms with Gasteiger partial charge in [-0.25, -0.2) is 9.37 Å². The number of carbonyl (C=O) groups is 1. The van der Waals surface area contributed by atoms with Gasteiger partial charge in [-0.1, -0.05) is 11.6 Å². The standard InChI is InChI=1S/C13H11ClFNO2S/c1-13(2,12(17)18)10-6-19-11(16-10)8-5-7(14)3-4-9(8)15/h3-6H,1-2H3,(H,17,18). The van der Waals surface area contributed by atoms with E-state index >= 15 is 0 Å². The number of hydrogen-bond donors (Lipinski definition) is 1. The van der Waals surface area contributed by atoms with Crippen molar-refractivity contribution >= 4 is 28.9 Å². The summed E-state index contributed by atoms with van der Waals surface area (Å²) in [7, 11) is 0. The van der Waals surface area contributed by atoms with Crippen LogP contribution in [0.3, 0.4) is 0 Å². The Morgan fingerprint density at radius 3 is 2.79 bits per heavy atom. The van der Waals surface area contributed by atoms with Crippen LogP contribution in [-0.4, -0.2) is 16.1 Å². The molecule has 0 bridgehead atoms. The summed E-state index contributed by atoms with van der Waals surface area (Å²) in [4.78, 5) is 15.4. The fourth-order valence-corrected chi connectivity index (χ4v) is 2.63. The number of nitrogens with zero attached hydrogens (tertiary/aromatic N) is 1. The van der Waals surface area contributed by atoms with Gasteiger partial charge in [-0.05, 0) is 32.0 Å². The highest BCUT2D eigenvalue weighted by molar-refractivity contribution is 7.13. The number of thiazole rings is 1. The first-order chi connectivity index (χ1) is 8.82. The van der Waals surface area contributed by atoms with Crippen LogP contribution in [0.2, 0.25) is 5.02 Å². The Morgan fingerprint density at radius 1 is 1.47 bits per heavy atom. The lowest BCUT2D eigenvalue weighted by Gasteiger charge is -2.15. The minimum atomic E-state index is -1.11. The summed E-state index contributed by atoms with van der Waals surface area (Å²) >= 11 is 7.03. The quantitative estimate of drug-likeness (QED) is 0.933. The molecule has 0 amide bonds. The molecule has 0 aliphatic rings. The van der Waals surface area contributed by atoms with Crippen LogP contribution in [0, 0.1) is 5.82 Å². The maximum atomic E-state index is 13.7. The lowest BCUT2D eigenvalue weighted by molar-refractivity contribution is -0.142. The largest absolute Gasteiger partial charge is 0.481 e. The summed E-state index contributed by atoms with van der Waals surface area (Å²) in [6.07, 6.45) is 0. The summed E-state index contributed by atoms with van der Waals surface area (Å²) in [5.41, 5.74) is -0.423. The second-order valence-electron chi connectivity index (χ2n) is 4.59. The molecule has 0 aliphatic carbocycles. The lowest BCUT2D eigenvalue weighted by atomic mass is 9.90. The Kier molecular flexibility index (Phi) is 3.60. The van der Waals surface area contributed by atoms with Gasteiger partial charge in [0.2, 0.25) is 0 Å². The Bertz CT molecular complexity index is 639. The van der Waals surface area contributed by atoms with E-state index in [-0.39, 0.29) is 5.56 Å². The molecule has 0 radical (unpaired) electrons. The molecule has 1 aromatic carbocycles. The number of carboxylic acid groups (broad SMARTS) is 1. The van der Waals surface area contributed by atoms with Gasteiger partial charge in [0, 0.05) is 16.0 Å². The monoisotopic (exact) mass is 299 g/mol. The molecule has 2 aromatic rings. The van der Waals surface area contributed by atoms with Crippen LogP contribution in [0.4, 0.5) is 4.39 Å². The van der Waals surface area contributed by atoms with Crippen molar-refractivity contribution in [2.75, 3.05) is 0 Å². The van der Waals surface area contributed by atoms with Gasteiger partial charge in [-0.2, -0.15) is 0 Å². The Balaban J connectivity index is 2.47. The van der Waals surface area contributed by atoms with Crippen LogP contribution >= 0.6 is 22.9 Å². The smallest absolute Gasteiger partial charge is 0.315 e. The molecule has 3 nitrogen and oxygen atoms in total. The summed E-state index contributed by atoms with van der Waals surface area (Å²) in [5, 5.41) is 11.6. The van der Waals surface area contributed by atoms with Gasteiger partial charge < -0.3 is 5.11 Å². The van der Waals surface area contributed by atoms with Crippen molar-refractivity contribution in [2.45, 2.75) is 19.3 Å². The third-order valence-corrected chi connectivity index (χ3v) is 3.95. The van der Waals surface area contributed by atoms with E-state index in [1.807, 2.05) is 0 Å². The SMILES string of the molecule is CC(C)(C(=O)O)c1csc(-c2cc(Cl)ccc2F)n1. The van der Waals surface area contributed by atoms with E-state index in [1.165, 1.54) is 29.5 Å². The van der Waals surface area contributed by atoms with Crippen molar-refractivity contribution < 1.29 is 14.3 Å². The Morgan fingerprint density at radius 2 is 2.16 bits per heavy atom.